The summed E-state index contributed by atoms with van der Waals surface area (Å²) in [5.41, 5.74) is 0. The number of hydrogen-bond donors (Lipinski definition) is 0. The van der Waals surface area contributed by atoms with Crippen LogP contribution in [-0.4, -0.2) is 49.2 Å². The van der Waals surface area contributed by atoms with Gasteiger partial charge < -0.3 is 9.47 Å². The number of nitrogens with zero attached hydrogens (tertiary/aromatic N) is 1. The molecule has 0 aromatic rings. The lowest BCUT2D eigenvalue weighted by Crippen LogP contribution is -2.33. The summed E-state index contributed by atoms with van der Waals surface area (Å²) < 4.78 is 10.2. The second-order valence-corrected chi connectivity index (χ2v) is 3.19. The van der Waals surface area contributed by atoms with Gasteiger partial charge in [-0.3, -0.25) is 14.5 Å². The van der Waals surface area contributed by atoms with Gasteiger partial charge in [0.15, 0.2) is 0 Å². The van der Waals surface area contributed by atoms with Gasteiger partial charge >= 0.3 is 0 Å². The zero-order valence-corrected chi connectivity index (χ0v) is 7.64. The van der Waals surface area contributed by atoms with E-state index < -0.39 is 0 Å². The van der Waals surface area contributed by atoms with E-state index in [4.69, 9.17) is 9.47 Å². The van der Waals surface area contributed by atoms with E-state index in [0.717, 1.165) is 11.5 Å². The van der Waals surface area contributed by atoms with E-state index in [1.165, 1.54) is 12.2 Å². The number of carbonyl (C=O) groups excluding carboxylic acids is 2. The van der Waals surface area contributed by atoms with Crippen molar-refractivity contribution in [1.82, 2.24) is 4.90 Å². The van der Waals surface area contributed by atoms with Crippen LogP contribution in [0.25, 0.3) is 0 Å². The van der Waals surface area contributed by atoms with Crippen LogP contribution in [-0.2, 0) is 19.1 Å². The van der Waals surface area contributed by atoms with Crippen LogP contribution in [0.15, 0.2) is 12.2 Å². The van der Waals surface area contributed by atoms with Gasteiger partial charge in [0.05, 0.1) is 26.4 Å². The molecule has 2 heterocycles. The largest absolute Gasteiger partial charge is 0.377 e. The quantitative estimate of drug-likeness (QED) is 0.333. The van der Waals surface area contributed by atoms with E-state index in [1.807, 2.05) is 0 Å². The maximum atomic E-state index is 11.1. The molecule has 14 heavy (non-hydrogen) atoms. The molecule has 0 aromatic carbocycles. The summed E-state index contributed by atoms with van der Waals surface area (Å²) in [7, 11) is 0. The van der Waals surface area contributed by atoms with Crippen LogP contribution in [0.5, 0.6) is 0 Å². The first-order valence-corrected chi connectivity index (χ1v) is 4.50. The molecule has 2 aliphatic rings. The Labute approximate surface area is 81.3 Å². The minimum Gasteiger partial charge on any atom is -0.377 e. The Morgan fingerprint density at radius 3 is 2.64 bits per heavy atom. The fourth-order valence-corrected chi connectivity index (χ4v) is 1.19. The van der Waals surface area contributed by atoms with Crippen LogP contribution >= 0.6 is 0 Å². The molecule has 0 N–H and O–H groups in total. The Kier molecular flexibility index (Phi) is 2.60. The Morgan fingerprint density at radius 1 is 1.43 bits per heavy atom. The number of amides is 2. The van der Waals surface area contributed by atoms with Crippen molar-refractivity contribution in [3.8, 4) is 0 Å². The molecule has 5 heteroatoms. The smallest absolute Gasteiger partial charge is 0.253 e. The third-order valence-corrected chi connectivity index (χ3v) is 2.07. The zero-order valence-electron chi connectivity index (χ0n) is 7.64. The molecule has 2 amide bonds. The molecule has 0 aromatic heterocycles. The van der Waals surface area contributed by atoms with E-state index in [9.17, 15) is 9.59 Å². The highest BCUT2D eigenvalue weighted by Gasteiger charge is 2.24. The summed E-state index contributed by atoms with van der Waals surface area (Å²) in [4.78, 5) is 23.3. The molecule has 1 fully saturated rings. The number of carbonyl (C=O) groups is 2. The van der Waals surface area contributed by atoms with Crippen molar-refractivity contribution in [2.75, 3.05) is 26.4 Å². The molecule has 0 radical (unpaired) electrons. The van der Waals surface area contributed by atoms with Gasteiger partial charge in [0.25, 0.3) is 11.8 Å². The highest BCUT2D eigenvalue weighted by molar-refractivity contribution is 6.12. The third-order valence-electron chi connectivity index (χ3n) is 2.07. The van der Waals surface area contributed by atoms with Gasteiger partial charge in [-0.25, -0.2) is 0 Å². The second-order valence-electron chi connectivity index (χ2n) is 3.19. The van der Waals surface area contributed by atoms with Crippen LogP contribution < -0.4 is 0 Å². The first-order valence-electron chi connectivity index (χ1n) is 4.50. The minimum atomic E-state index is -0.263. The van der Waals surface area contributed by atoms with Crippen molar-refractivity contribution in [3.05, 3.63) is 12.2 Å². The summed E-state index contributed by atoms with van der Waals surface area (Å²) in [6, 6.07) is 0. The standard InChI is InChI=1S/C9H11NO4/c11-8-1-2-9(12)10(8)3-4-13-5-7-6-14-7/h1-2,7H,3-6H2/t7-/m0/s1. The molecule has 0 bridgehead atoms. The zero-order chi connectivity index (χ0) is 9.97. The van der Waals surface area contributed by atoms with Gasteiger partial charge in [-0.15, -0.1) is 0 Å². The molecular formula is C9H11NO4. The molecule has 2 rings (SSSR count). The van der Waals surface area contributed by atoms with E-state index >= 15 is 0 Å². The third kappa shape index (κ3) is 2.18. The van der Waals surface area contributed by atoms with Crippen molar-refractivity contribution in [2.45, 2.75) is 6.10 Å². The Morgan fingerprint density at radius 2 is 2.07 bits per heavy atom. The first kappa shape index (κ1) is 9.36. The van der Waals surface area contributed by atoms with Crippen LogP contribution in [0.3, 0.4) is 0 Å². The van der Waals surface area contributed by atoms with E-state index in [2.05, 4.69) is 0 Å². The van der Waals surface area contributed by atoms with Gasteiger partial charge in [0.2, 0.25) is 0 Å². The Balaban J connectivity index is 1.64. The van der Waals surface area contributed by atoms with E-state index in [1.54, 1.807) is 0 Å². The molecule has 0 spiro atoms. The monoisotopic (exact) mass is 197 g/mol. The lowest BCUT2D eigenvalue weighted by atomic mass is 10.5. The lowest BCUT2D eigenvalue weighted by Gasteiger charge is -2.12. The fraction of sp³-hybridized carbons (Fsp3) is 0.556. The Bertz CT molecular complexity index is 265. The predicted molar refractivity (Wildman–Crippen MR) is 46.4 cm³/mol. The highest BCUT2D eigenvalue weighted by Crippen LogP contribution is 2.08. The number of hydrogen-bond acceptors (Lipinski definition) is 4. The van der Waals surface area contributed by atoms with Crippen molar-refractivity contribution in [3.63, 3.8) is 0 Å². The minimum absolute atomic E-state index is 0.220. The van der Waals surface area contributed by atoms with Crippen molar-refractivity contribution >= 4 is 11.8 Å². The van der Waals surface area contributed by atoms with E-state index in [0.29, 0.717) is 19.8 Å². The van der Waals surface area contributed by atoms with Crippen LogP contribution in [0.4, 0.5) is 0 Å². The fourth-order valence-electron chi connectivity index (χ4n) is 1.19. The molecule has 2 aliphatic heterocycles. The highest BCUT2D eigenvalue weighted by atomic mass is 16.6. The molecule has 1 saturated heterocycles. The molecule has 1 atom stereocenters. The molecule has 76 valence electrons. The number of ether oxygens (including phenoxy) is 2. The van der Waals surface area contributed by atoms with Gasteiger partial charge in [-0.1, -0.05) is 0 Å². The normalized spacial score (nSPS) is 24.9. The number of rotatable bonds is 5. The molecule has 5 nitrogen and oxygen atoms in total. The maximum absolute atomic E-state index is 11.1. The second kappa shape index (κ2) is 3.89. The average Bonchev–Trinajstić information content (AvgIpc) is 2.93. The molecular weight excluding hydrogens is 186 g/mol. The van der Waals surface area contributed by atoms with Crippen LogP contribution in [0, 0.1) is 0 Å². The van der Waals surface area contributed by atoms with Crippen molar-refractivity contribution in [1.29, 1.82) is 0 Å². The molecule has 0 unspecified atom stereocenters. The number of imide groups is 1. The van der Waals surface area contributed by atoms with Gasteiger partial charge in [0, 0.05) is 12.2 Å². The summed E-state index contributed by atoms with van der Waals surface area (Å²) in [6.07, 6.45) is 2.76. The van der Waals surface area contributed by atoms with Crippen LogP contribution in [0.1, 0.15) is 0 Å². The topological polar surface area (TPSA) is 59.1 Å². The van der Waals surface area contributed by atoms with Crippen molar-refractivity contribution in [2.24, 2.45) is 0 Å². The predicted octanol–water partition coefficient (Wildman–Crippen LogP) is -0.673. The molecule has 0 aliphatic carbocycles. The van der Waals surface area contributed by atoms with Gasteiger partial charge in [0.1, 0.15) is 6.10 Å². The maximum Gasteiger partial charge on any atom is 0.253 e. The SMILES string of the molecule is O=C1C=CC(=O)N1CCOC[C@H]1CO1. The molecule has 0 saturated carbocycles. The first-order chi connectivity index (χ1) is 6.77. The summed E-state index contributed by atoms with van der Waals surface area (Å²) in [5, 5.41) is 0. The van der Waals surface area contributed by atoms with Crippen LogP contribution in [0.2, 0.25) is 0 Å². The van der Waals surface area contributed by atoms with E-state index in [-0.39, 0.29) is 17.9 Å². The Hall–Kier alpha value is -1.20. The van der Waals surface area contributed by atoms with Gasteiger partial charge in [-0.05, 0) is 0 Å². The van der Waals surface area contributed by atoms with Gasteiger partial charge in [-0.2, -0.15) is 0 Å². The lowest BCUT2D eigenvalue weighted by molar-refractivity contribution is -0.137. The summed E-state index contributed by atoms with van der Waals surface area (Å²) in [5.74, 6) is -0.525. The number of epoxide rings is 1. The average molecular weight is 197 g/mol. The van der Waals surface area contributed by atoms with Crippen molar-refractivity contribution < 1.29 is 19.1 Å². The summed E-state index contributed by atoms with van der Waals surface area (Å²) >= 11 is 0. The summed E-state index contributed by atoms with van der Waals surface area (Å²) in [6.45, 7) is 1.99.